The van der Waals surface area contributed by atoms with Crippen LogP contribution in [0.2, 0.25) is 0 Å². The monoisotopic (exact) mass is 292 g/mol. The van der Waals surface area contributed by atoms with Crippen LogP contribution in [0, 0.1) is 12.8 Å². The number of methoxy groups -OCH3 is 1. The summed E-state index contributed by atoms with van der Waals surface area (Å²) in [5.74, 6) is 1.78. The van der Waals surface area contributed by atoms with Gasteiger partial charge in [0.15, 0.2) is 0 Å². The lowest BCUT2D eigenvalue weighted by atomic mass is 9.88. The molecule has 3 rings (SSSR count). The Labute approximate surface area is 127 Å². The second kappa shape index (κ2) is 6.36. The quantitative estimate of drug-likeness (QED) is 0.917. The molecule has 0 bridgehead atoms. The minimum atomic E-state index is 0.779. The molecule has 118 valence electrons. The van der Waals surface area contributed by atoms with E-state index in [0.29, 0.717) is 0 Å². The number of hydrogen-bond acceptors (Lipinski definition) is 4. The molecule has 1 aromatic heterocycles. The van der Waals surface area contributed by atoms with Crippen molar-refractivity contribution in [3.63, 3.8) is 0 Å². The molecule has 5 heteroatoms. The number of nitrogens with zero attached hydrogens (tertiary/aromatic N) is 3. The second-order valence-electron chi connectivity index (χ2n) is 6.51. The number of ether oxygens (including phenoxy) is 1. The predicted molar refractivity (Wildman–Crippen MR) is 83.5 cm³/mol. The molecule has 0 amide bonds. The number of nitrogens with one attached hydrogen (secondary N) is 1. The smallest absolute Gasteiger partial charge is 0.216 e. The van der Waals surface area contributed by atoms with Crippen LogP contribution >= 0.6 is 0 Å². The average molecular weight is 292 g/mol. The summed E-state index contributed by atoms with van der Waals surface area (Å²) in [6, 6.07) is 0.779. The fourth-order valence-corrected chi connectivity index (χ4v) is 3.97. The molecule has 2 fully saturated rings. The third kappa shape index (κ3) is 3.09. The molecule has 0 aliphatic carbocycles. The van der Waals surface area contributed by atoms with E-state index in [4.69, 9.17) is 4.74 Å². The highest BCUT2D eigenvalue weighted by Crippen LogP contribution is 2.28. The van der Waals surface area contributed by atoms with E-state index >= 15 is 0 Å². The Balaban J connectivity index is 1.58. The molecular formula is C16H28N4O. The number of aryl methyl sites for hydroxylation is 2. The van der Waals surface area contributed by atoms with Gasteiger partial charge < -0.3 is 10.1 Å². The van der Waals surface area contributed by atoms with E-state index in [0.717, 1.165) is 30.1 Å². The highest BCUT2D eigenvalue weighted by Gasteiger charge is 2.29. The fourth-order valence-electron chi connectivity index (χ4n) is 3.97. The van der Waals surface area contributed by atoms with Crippen LogP contribution in [0.5, 0.6) is 5.88 Å². The first-order chi connectivity index (χ1) is 10.2. The van der Waals surface area contributed by atoms with Crippen LogP contribution in [0.4, 0.5) is 0 Å². The SMILES string of the molecule is COc1c(CN2CCC(C3CCCN3)CC2)c(C)nn1C. The molecule has 5 nitrogen and oxygen atoms in total. The van der Waals surface area contributed by atoms with Crippen LogP contribution < -0.4 is 10.1 Å². The van der Waals surface area contributed by atoms with Crippen LogP contribution in [-0.2, 0) is 13.6 Å². The third-order valence-electron chi connectivity index (χ3n) is 5.16. The summed E-state index contributed by atoms with van der Waals surface area (Å²) < 4.78 is 7.35. The summed E-state index contributed by atoms with van der Waals surface area (Å²) in [6.45, 7) is 6.65. The largest absolute Gasteiger partial charge is 0.481 e. The summed E-state index contributed by atoms with van der Waals surface area (Å²) in [5, 5.41) is 8.15. The van der Waals surface area contributed by atoms with Gasteiger partial charge in [-0.15, -0.1) is 0 Å². The Morgan fingerprint density at radius 3 is 2.67 bits per heavy atom. The molecule has 1 unspecified atom stereocenters. The van der Waals surface area contributed by atoms with Gasteiger partial charge in [0.25, 0.3) is 0 Å². The Bertz CT molecular complexity index is 471. The molecule has 0 aromatic carbocycles. The summed E-state index contributed by atoms with van der Waals surface area (Å²) >= 11 is 0. The van der Waals surface area contributed by atoms with Gasteiger partial charge >= 0.3 is 0 Å². The van der Waals surface area contributed by atoms with E-state index in [2.05, 4.69) is 22.2 Å². The molecule has 1 N–H and O–H groups in total. The lowest BCUT2D eigenvalue weighted by Gasteiger charge is -2.34. The molecule has 2 aliphatic heterocycles. The first-order valence-corrected chi connectivity index (χ1v) is 8.21. The summed E-state index contributed by atoms with van der Waals surface area (Å²) in [4.78, 5) is 2.55. The van der Waals surface area contributed by atoms with Gasteiger partial charge in [-0.25, -0.2) is 4.68 Å². The van der Waals surface area contributed by atoms with Crippen LogP contribution in [0.1, 0.15) is 36.9 Å². The molecule has 0 saturated carbocycles. The molecule has 0 radical (unpaired) electrons. The average Bonchev–Trinajstić information content (AvgIpc) is 3.09. The minimum absolute atomic E-state index is 0.779. The van der Waals surface area contributed by atoms with E-state index < -0.39 is 0 Å². The normalized spacial score (nSPS) is 24.6. The van der Waals surface area contributed by atoms with Crippen LogP contribution in [0.15, 0.2) is 0 Å². The number of rotatable bonds is 4. The molecule has 2 saturated heterocycles. The Morgan fingerprint density at radius 2 is 2.05 bits per heavy atom. The molecule has 3 heterocycles. The zero-order valence-corrected chi connectivity index (χ0v) is 13.6. The van der Waals surface area contributed by atoms with Crippen molar-refractivity contribution in [2.24, 2.45) is 13.0 Å². The lowest BCUT2D eigenvalue weighted by molar-refractivity contribution is 0.156. The van der Waals surface area contributed by atoms with E-state index in [1.165, 1.54) is 50.9 Å². The van der Waals surface area contributed by atoms with Crippen molar-refractivity contribution >= 4 is 0 Å². The predicted octanol–water partition coefficient (Wildman–Crippen LogP) is 1.70. The van der Waals surface area contributed by atoms with Crippen molar-refractivity contribution in [3.8, 4) is 5.88 Å². The van der Waals surface area contributed by atoms with Crippen molar-refractivity contribution in [2.75, 3.05) is 26.7 Å². The molecule has 0 spiro atoms. The van der Waals surface area contributed by atoms with Gasteiger partial charge in [-0.3, -0.25) is 4.90 Å². The molecular weight excluding hydrogens is 264 g/mol. The van der Waals surface area contributed by atoms with Gasteiger partial charge in [-0.05, 0) is 58.2 Å². The zero-order valence-electron chi connectivity index (χ0n) is 13.6. The van der Waals surface area contributed by atoms with Crippen molar-refractivity contribution in [1.29, 1.82) is 0 Å². The first-order valence-electron chi connectivity index (χ1n) is 8.21. The number of hydrogen-bond donors (Lipinski definition) is 1. The van der Waals surface area contributed by atoms with Gasteiger partial charge in [0.1, 0.15) is 0 Å². The lowest BCUT2D eigenvalue weighted by Crippen LogP contribution is -2.40. The Morgan fingerprint density at radius 1 is 1.29 bits per heavy atom. The summed E-state index contributed by atoms with van der Waals surface area (Å²) in [5.41, 5.74) is 2.34. The molecule has 1 atom stereocenters. The second-order valence-corrected chi connectivity index (χ2v) is 6.51. The van der Waals surface area contributed by atoms with Gasteiger partial charge in [0.2, 0.25) is 5.88 Å². The first kappa shape index (κ1) is 14.9. The van der Waals surface area contributed by atoms with Crippen LogP contribution in [0.3, 0.4) is 0 Å². The molecule has 21 heavy (non-hydrogen) atoms. The van der Waals surface area contributed by atoms with Gasteiger partial charge in [-0.2, -0.15) is 5.10 Å². The highest BCUT2D eigenvalue weighted by molar-refractivity contribution is 5.30. The van der Waals surface area contributed by atoms with Crippen molar-refractivity contribution < 1.29 is 4.74 Å². The van der Waals surface area contributed by atoms with E-state index in [1.807, 2.05) is 11.7 Å². The highest BCUT2D eigenvalue weighted by atomic mass is 16.5. The molecule has 1 aromatic rings. The topological polar surface area (TPSA) is 42.3 Å². The van der Waals surface area contributed by atoms with Crippen LogP contribution in [0.25, 0.3) is 0 Å². The van der Waals surface area contributed by atoms with Crippen molar-refractivity contribution in [3.05, 3.63) is 11.3 Å². The standard InChI is InChI=1S/C16H28N4O/c1-12-14(16(21-3)19(2)18-12)11-20-9-6-13(7-10-20)15-5-4-8-17-15/h13,15,17H,4-11H2,1-3H3. The van der Waals surface area contributed by atoms with Crippen molar-refractivity contribution in [1.82, 2.24) is 20.0 Å². The molecule has 2 aliphatic rings. The number of aromatic nitrogens is 2. The van der Waals surface area contributed by atoms with E-state index in [1.54, 1.807) is 7.11 Å². The summed E-state index contributed by atoms with van der Waals surface area (Å²) in [7, 11) is 3.69. The number of piperidine rings is 1. The fraction of sp³-hybridized carbons (Fsp3) is 0.812. The number of likely N-dealkylation sites (tertiary alicyclic amines) is 1. The maximum Gasteiger partial charge on any atom is 0.216 e. The summed E-state index contributed by atoms with van der Waals surface area (Å²) in [6.07, 6.45) is 5.37. The van der Waals surface area contributed by atoms with Crippen molar-refractivity contribution in [2.45, 2.75) is 45.2 Å². The van der Waals surface area contributed by atoms with E-state index in [9.17, 15) is 0 Å². The third-order valence-corrected chi connectivity index (χ3v) is 5.16. The van der Waals surface area contributed by atoms with Gasteiger partial charge in [0, 0.05) is 19.6 Å². The van der Waals surface area contributed by atoms with Gasteiger partial charge in [-0.1, -0.05) is 0 Å². The van der Waals surface area contributed by atoms with Gasteiger partial charge in [0.05, 0.1) is 18.4 Å². The zero-order chi connectivity index (χ0) is 14.8. The maximum atomic E-state index is 5.50. The van der Waals surface area contributed by atoms with Crippen LogP contribution in [-0.4, -0.2) is 47.5 Å². The maximum absolute atomic E-state index is 5.50. The van der Waals surface area contributed by atoms with E-state index in [-0.39, 0.29) is 0 Å². The Kier molecular flexibility index (Phi) is 4.50. The minimum Gasteiger partial charge on any atom is -0.481 e. The Hall–Kier alpha value is -1.07.